The molecule has 0 saturated heterocycles. The van der Waals surface area contributed by atoms with Crippen LogP contribution in [0.3, 0.4) is 0 Å². The molecular formula is C16H37N2O2Si2. The van der Waals surface area contributed by atoms with E-state index in [4.69, 9.17) is 8.85 Å². The van der Waals surface area contributed by atoms with Crippen molar-refractivity contribution in [3.8, 4) is 0 Å². The molecule has 1 atom stereocenters. The number of hydrogen-bond acceptors (Lipinski definition) is 4. The van der Waals surface area contributed by atoms with E-state index in [1.807, 2.05) is 0 Å². The monoisotopic (exact) mass is 345 g/mol. The zero-order valence-corrected chi connectivity index (χ0v) is 17.8. The van der Waals surface area contributed by atoms with E-state index >= 15 is 0 Å². The molecule has 0 aromatic rings. The molecule has 131 valence electrons. The average Bonchev–Trinajstić information content (AvgIpc) is 2.45. The number of rotatable bonds is 14. The summed E-state index contributed by atoms with van der Waals surface area (Å²) in [5.74, 6) is 0.601. The largest absolute Gasteiger partial charge is 0.397 e. The molecule has 0 saturated carbocycles. The first-order chi connectivity index (χ1) is 10.4. The molecule has 22 heavy (non-hydrogen) atoms. The molecule has 0 aromatic heterocycles. The minimum absolute atomic E-state index is 0.586. The van der Waals surface area contributed by atoms with Gasteiger partial charge in [-0.15, -0.1) is 0 Å². The molecule has 0 heterocycles. The maximum Gasteiger partial charge on any atom is 0.387 e. The Morgan fingerprint density at radius 3 is 1.86 bits per heavy atom. The predicted octanol–water partition coefficient (Wildman–Crippen LogP) is 3.03. The highest BCUT2D eigenvalue weighted by molar-refractivity contribution is 6.46. The van der Waals surface area contributed by atoms with Crippen molar-refractivity contribution in [3.63, 3.8) is 0 Å². The second-order valence-electron chi connectivity index (χ2n) is 6.44. The smallest absolute Gasteiger partial charge is 0.387 e. The van der Waals surface area contributed by atoms with Gasteiger partial charge in [-0.1, -0.05) is 45.1 Å². The fraction of sp³-hybridized carbons (Fsp3) is 1.00. The van der Waals surface area contributed by atoms with Gasteiger partial charge in [0.1, 0.15) is 0 Å². The molecular weight excluding hydrogens is 308 g/mol. The van der Waals surface area contributed by atoms with Gasteiger partial charge in [-0.25, -0.2) is 0 Å². The van der Waals surface area contributed by atoms with Gasteiger partial charge >= 0.3 is 9.28 Å². The molecule has 0 aliphatic rings. The van der Waals surface area contributed by atoms with E-state index < -0.39 is 9.28 Å². The lowest BCUT2D eigenvalue weighted by Gasteiger charge is -2.30. The van der Waals surface area contributed by atoms with Gasteiger partial charge in [-0.3, -0.25) is 9.80 Å². The van der Waals surface area contributed by atoms with E-state index in [2.05, 4.69) is 44.9 Å². The summed E-state index contributed by atoms with van der Waals surface area (Å²) in [5.41, 5.74) is 0.586. The molecule has 0 rings (SSSR count). The summed E-state index contributed by atoms with van der Waals surface area (Å²) in [4.78, 5) is 4.65. The van der Waals surface area contributed by atoms with Crippen LogP contribution in [0.1, 0.15) is 45.4 Å². The fourth-order valence-electron chi connectivity index (χ4n) is 2.77. The predicted molar refractivity (Wildman–Crippen MR) is 98.6 cm³/mol. The topological polar surface area (TPSA) is 24.9 Å². The zero-order chi connectivity index (χ0) is 17.0. The van der Waals surface area contributed by atoms with E-state index in [0.29, 0.717) is 11.3 Å². The molecule has 6 heteroatoms. The Morgan fingerprint density at radius 2 is 1.36 bits per heavy atom. The van der Waals surface area contributed by atoms with Crippen LogP contribution >= 0.6 is 0 Å². The SMILES string of the molecule is CO[Si](OC)C(C)CCCCCCC[Si]C(N(C)C)N(C)C. The van der Waals surface area contributed by atoms with Gasteiger partial charge in [0.2, 0.25) is 0 Å². The standard InChI is InChI=1S/C16H37N2O2Si2/c1-15(22(19-6)20-7)13-11-9-8-10-12-14-21-16(17(2)3)18(4)5/h15-16H,8-14H2,1-7H3. The molecule has 1 unspecified atom stereocenters. The molecule has 0 spiro atoms. The van der Waals surface area contributed by atoms with Crippen LogP contribution in [0.4, 0.5) is 0 Å². The van der Waals surface area contributed by atoms with Gasteiger partial charge in [0.05, 0.1) is 9.52 Å². The molecule has 0 bridgehead atoms. The second-order valence-corrected chi connectivity index (χ2v) is 10.3. The van der Waals surface area contributed by atoms with Crippen LogP contribution in [-0.4, -0.2) is 76.8 Å². The van der Waals surface area contributed by atoms with Crippen LogP contribution < -0.4 is 0 Å². The number of hydrogen-bond donors (Lipinski definition) is 0. The van der Waals surface area contributed by atoms with Crippen molar-refractivity contribution in [1.82, 2.24) is 9.80 Å². The Kier molecular flexibility index (Phi) is 13.9. The normalized spacial score (nSPS) is 13.8. The summed E-state index contributed by atoms with van der Waals surface area (Å²) in [6.45, 7) is 2.26. The first-order valence-corrected chi connectivity index (χ1v) is 11.1. The molecule has 0 aliphatic carbocycles. The second kappa shape index (κ2) is 13.7. The summed E-state index contributed by atoms with van der Waals surface area (Å²) in [5, 5.41) is 0. The maximum absolute atomic E-state index is 5.40. The lowest BCUT2D eigenvalue weighted by molar-refractivity contribution is 0.200. The lowest BCUT2D eigenvalue weighted by atomic mass is 10.1. The third-order valence-electron chi connectivity index (χ3n) is 3.92. The lowest BCUT2D eigenvalue weighted by Crippen LogP contribution is -2.44. The van der Waals surface area contributed by atoms with Gasteiger partial charge in [0.25, 0.3) is 0 Å². The van der Waals surface area contributed by atoms with E-state index in [9.17, 15) is 0 Å². The van der Waals surface area contributed by atoms with Gasteiger partial charge in [0.15, 0.2) is 0 Å². The first kappa shape index (κ1) is 22.3. The zero-order valence-electron chi connectivity index (χ0n) is 15.8. The quantitative estimate of drug-likeness (QED) is 0.274. The van der Waals surface area contributed by atoms with E-state index in [1.165, 1.54) is 44.6 Å². The van der Waals surface area contributed by atoms with E-state index in [1.54, 1.807) is 14.2 Å². The summed E-state index contributed by atoms with van der Waals surface area (Å²) >= 11 is 0. The van der Waals surface area contributed by atoms with Crippen molar-refractivity contribution in [3.05, 3.63) is 0 Å². The first-order valence-electron chi connectivity index (χ1n) is 8.45. The van der Waals surface area contributed by atoms with Crippen molar-refractivity contribution >= 4 is 18.8 Å². The van der Waals surface area contributed by atoms with Crippen molar-refractivity contribution in [1.29, 1.82) is 0 Å². The third-order valence-corrected chi connectivity index (χ3v) is 7.86. The van der Waals surface area contributed by atoms with Gasteiger partial charge in [0, 0.05) is 25.5 Å². The summed E-state index contributed by atoms with van der Waals surface area (Å²) in [7, 11) is 12.2. The molecule has 4 nitrogen and oxygen atoms in total. The van der Waals surface area contributed by atoms with Crippen molar-refractivity contribution in [2.24, 2.45) is 0 Å². The van der Waals surface area contributed by atoms with E-state index in [0.717, 1.165) is 9.52 Å². The van der Waals surface area contributed by atoms with Gasteiger partial charge in [-0.05, 0) is 34.6 Å². The molecule has 0 aromatic carbocycles. The highest BCUT2D eigenvalue weighted by Crippen LogP contribution is 2.20. The average molecular weight is 346 g/mol. The van der Waals surface area contributed by atoms with Crippen LogP contribution in [0, 0.1) is 0 Å². The summed E-state index contributed by atoms with van der Waals surface area (Å²) < 4.78 is 10.8. The van der Waals surface area contributed by atoms with Crippen LogP contribution in [-0.2, 0) is 8.85 Å². The highest BCUT2D eigenvalue weighted by Gasteiger charge is 2.21. The Balaban J connectivity index is 3.54. The van der Waals surface area contributed by atoms with Crippen molar-refractivity contribution in [2.45, 2.75) is 62.8 Å². The molecule has 3 radical (unpaired) electrons. The molecule has 0 aliphatic heterocycles. The molecule has 0 amide bonds. The van der Waals surface area contributed by atoms with E-state index in [-0.39, 0.29) is 0 Å². The van der Waals surface area contributed by atoms with Gasteiger partial charge in [-0.2, -0.15) is 0 Å². The molecule has 0 N–H and O–H groups in total. The number of unbranched alkanes of at least 4 members (excludes halogenated alkanes) is 4. The third kappa shape index (κ3) is 10.1. The summed E-state index contributed by atoms with van der Waals surface area (Å²) in [6, 6.07) is 1.36. The molecule has 0 fully saturated rings. The minimum atomic E-state index is -1.04. The fourth-order valence-corrected chi connectivity index (χ4v) is 5.62. The maximum atomic E-state index is 5.40. The van der Waals surface area contributed by atoms with Crippen LogP contribution in [0.15, 0.2) is 0 Å². The Labute approximate surface area is 143 Å². The minimum Gasteiger partial charge on any atom is -0.397 e. The Bertz CT molecular complexity index is 244. The summed E-state index contributed by atoms with van der Waals surface area (Å²) in [6.07, 6.45) is 8.01. The number of nitrogens with zero attached hydrogens (tertiary/aromatic N) is 2. The van der Waals surface area contributed by atoms with Gasteiger partial charge < -0.3 is 8.85 Å². The Morgan fingerprint density at radius 1 is 0.864 bits per heavy atom. The van der Waals surface area contributed by atoms with Crippen LogP contribution in [0.25, 0.3) is 0 Å². The van der Waals surface area contributed by atoms with Crippen LogP contribution in [0.2, 0.25) is 11.6 Å². The van der Waals surface area contributed by atoms with Crippen molar-refractivity contribution in [2.75, 3.05) is 42.4 Å². The van der Waals surface area contributed by atoms with Crippen LogP contribution in [0.5, 0.6) is 0 Å². The Hall–Kier alpha value is 0.274. The van der Waals surface area contributed by atoms with Crippen molar-refractivity contribution < 1.29 is 8.85 Å². The highest BCUT2D eigenvalue weighted by atomic mass is 28.3.